The number of rotatable bonds is 8. The van der Waals surface area contributed by atoms with Gasteiger partial charge in [-0.25, -0.2) is 4.39 Å². The summed E-state index contributed by atoms with van der Waals surface area (Å²) in [5.41, 5.74) is 0.204. The van der Waals surface area contributed by atoms with Crippen LogP contribution in [0.2, 0.25) is 0 Å². The van der Waals surface area contributed by atoms with Gasteiger partial charge in [0.25, 0.3) is 5.91 Å². The van der Waals surface area contributed by atoms with Crippen molar-refractivity contribution in [2.45, 2.75) is 6.10 Å². The van der Waals surface area contributed by atoms with Crippen LogP contribution in [-0.2, 0) is 4.74 Å². The molecule has 0 unspecified atom stereocenters. The highest BCUT2D eigenvalue weighted by molar-refractivity contribution is 7.10. The van der Waals surface area contributed by atoms with E-state index in [4.69, 9.17) is 14.6 Å². The van der Waals surface area contributed by atoms with E-state index in [1.54, 1.807) is 0 Å². The van der Waals surface area contributed by atoms with E-state index in [1.807, 2.05) is 17.5 Å². The molecule has 0 aliphatic heterocycles. The average molecular weight is 339 g/mol. The highest BCUT2D eigenvalue weighted by Crippen LogP contribution is 2.22. The summed E-state index contributed by atoms with van der Waals surface area (Å²) in [6.45, 7) is 0.308. The van der Waals surface area contributed by atoms with Gasteiger partial charge in [-0.1, -0.05) is 6.07 Å². The first-order chi connectivity index (χ1) is 11.2. The van der Waals surface area contributed by atoms with E-state index in [0.29, 0.717) is 0 Å². The minimum atomic E-state index is -0.591. The Bertz CT molecular complexity index is 633. The molecule has 0 aliphatic rings. The molecule has 23 heavy (non-hydrogen) atoms. The number of aliphatic hydroxyl groups excluding tert-OH is 1. The molecule has 0 saturated heterocycles. The lowest BCUT2D eigenvalue weighted by Gasteiger charge is -2.17. The Balaban J connectivity index is 1.99. The monoisotopic (exact) mass is 339 g/mol. The molecule has 2 aromatic rings. The van der Waals surface area contributed by atoms with E-state index < -0.39 is 11.7 Å². The fourth-order valence-corrected chi connectivity index (χ4v) is 2.78. The van der Waals surface area contributed by atoms with Gasteiger partial charge in [0.15, 0.2) is 11.6 Å². The van der Waals surface area contributed by atoms with Crippen LogP contribution < -0.4 is 10.1 Å². The van der Waals surface area contributed by atoms with Gasteiger partial charge in [-0.2, -0.15) is 0 Å². The first kappa shape index (κ1) is 17.4. The minimum absolute atomic E-state index is 0.0873. The second kappa shape index (κ2) is 8.61. The highest BCUT2D eigenvalue weighted by atomic mass is 32.1. The minimum Gasteiger partial charge on any atom is -0.494 e. The normalized spacial score (nSPS) is 12.0. The maximum atomic E-state index is 13.6. The van der Waals surface area contributed by atoms with Crippen LogP contribution in [0.25, 0.3) is 0 Å². The molecule has 0 saturated carbocycles. The lowest BCUT2D eigenvalue weighted by atomic mass is 10.2. The van der Waals surface area contributed by atoms with Gasteiger partial charge in [0, 0.05) is 17.0 Å². The Morgan fingerprint density at radius 1 is 1.43 bits per heavy atom. The molecule has 1 amide bonds. The first-order valence-electron chi connectivity index (χ1n) is 7.03. The molecule has 1 aromatic carbocycles. The van der Waals surface area contributed by atoms with E-state index in [-0.39, 0.29) is 37.2 Å². The number of halogens is 1. The molecule has 2 rings (SSSR count). The van der Waals surface area contributed by atoms with Gasteiger partial charge in [-0.3, -0.25) is 4.79 Å². The number of methoxy groups -OCH3 is 1. The van der Waals surface area contributed by atoms with Crippen molar-refractivity contribution in [3.63, 3.8) is 0 Å². The fraction of sp³-hybridized carbons (Fsp3) is 0.312. The molecule has 0 radical (unpaired) electrons. The molecule has 124 valence electrons. The first-order valence-corrected chi connectivity index (χ1v) is 7.91. The van der Waals surface area contributed by atoms with Crippen LogP contribution in [0.15, 0.2) is 35.7 Å². The summed E-state index contributed by atoms with van der Waals surface area (Å²) < 4.78 is 24.0. The van der Waals surface area contributed by atoms with E-state index >= 15 is 0 Å². The van der Waals surface area contributed by atoms with Gasteiger partial charge in [0.1, 0.15) is 6.10 Å². The average Bonchev–Trinajstić information content (AvgIpc) is 3.09. The molecule has 0 spiro atoms. The van der Waals surface area contributed by atoms with Crippen molar-refractivity contribution < 1.29 is 23.8 Å². The summed E-state index contributed by atoms with van der Waals surface area (Å²) in [5, 5.41) is 13.5. The summed E-state index contributed by atoms with van der Waals surface area (Å²) in [7, 11) is 1.36. The standard InChI is InChI=1S/C16H18FNO4S/c1-21-13-5-4-11(9-12(13)17)16(20)18-10-14(22-7-6-19)15-3-2-8-23-15/h2-5,8-9,14,19H,6-7,10H2,1H3,(H,18,20)/t14-/m0/s1. The van der Waals surface area contributed by atoms with Gasteiger partial charge in [0.05, 0.1) is 20.3 Å². The molecule has 1 aromatic heterocycles. The quantitative estimate of drug-likeness (QED) is 0.775. The Morgan fingerprint density at radius 2 is 2.26 bits per heavy atom. The van der Waals surface area contributed by atoms with Gasteiger partial charge in [-0.05, 0) is 29.6 Å². The van der Waals surface area contributed by atoms with Crippen LogP contribution in [0, 0.1) is 5.82 Å². The summed E-state index contributed by atoms with van der Waals surface area (Å²) in [5.74, 6) is -0.906. The van der Waals surface area contributed by atoms with Crippen LogP contribution >= 0.6 is 11.3 Å². The number of carbonyl (C=O) groups excluding carboxylic acids is 1. The fourth-order valence-electron chi connectivity index (χ4n) is 2.01. The molecule has 0 aliphatic carbocycles. The topological polar surface area (TPSA) is 67.8 Å². The number of thiophene rings is 1. The van der Waals surface area contributed by atoms with Crippen molar-refractivity contribution in [3.05, 3.63) is 52.0 Å². The summed E-state index contributed by atoms with van der Waals surface area (Å²) in [6, 6.07) is 7.81. The Kier molecular flexibility index (Phi) is 6.52. The lowest BCUT2D eigenvalue weighted by Crippen LogP contribution is -2.29. The molecular formula is C16H18FNO4S. The van der Waals surface area contributed by atoms with Gasteiger partial charge in [-0.15, -0.1) is 11.3 Å². The zero-order valence-corrected chi connectivity index (χ0v) is 13.4. The second-order valence-electron chi connectivity index (χ2n) is 4.66. The molecule has 0 bridgehead atoms. The van der Waals surface area contributed by atoms with Crippen LogP contribution in [0.3, 0.4) is 0 Å². The third-order valence-electron chi connectivity index (χ3n) is 3.13. The predicted octanol–water partition coefficient (Wildman–Crippen LogP) is 2.38. The Labute approximate surface area is 137 Å². The van der Waals surface area contributed by atoms with Crippen molar-refractivity contribution in [3.8, 4) is 5.75 Å². The third kappa shape index (κ3) is 4.75. The number of carbonyl (C=O) groups is 1. The SMILES string of the molecule is COc1ccc(C(=O)NC[C@H](OCCO)c2cccs2)cc1F. The zero-order valence-electron chi connectivity index (χ0n) is 12.6. The van der Waals surface area contributed by atoms with Crippen LogP contribution in [0.1, 0.15) is 21.3 Å². The van der Waals surface area contributed by atoms with Crippen molar-refractivity contribution in [2.24, 2.45) is 0 Å². The summed E-state index contributed by atoms with van der Waals surface area (Å²) in [4.78, 5) is 13.1. The molecule has 1 atom stereocenters. The van der Waals surface area contributed by atoms with Crippen molar-refractivity contribution in [1.29, 1.82) is 0 Å². The van der Waals surface area contributed by atoms with Crippen LogP contribution in [0.4, 0.5) is 4.39 Å². The van der Waals surface area contributed by atoms with Crippen molar-refractivity contribution >= 4 is 17.2 Å². The second-order valence-corrected chi connectivity index (χ2v) is 5.64. The van der Waals surface area contributed by atoms with Crippen LogP contribution in [-0.4, -0.2) is 37.9 Å². The van der Waals surface area contributed by atoms with Gasteiger partial charge < -0.3 is 19.9 Å². The molecular weight excluding hydrogens is 321 g/mol. The van der Waals surface area contributed by atoms with Crippen molar-refractivity contribution in [1.82, 2.24) is 5.32 Å². The largest absolute Gasteiger partial charge is 0.494 e. The van der Waals surface area contributed by atoms with Crippen LogP contribution in [0.5, 0.6) is 5.75 Å². The van der Waals surface area contributed by atoms with E-state index in [9.17, 15) is 9.18 Å². The van der Waals surface area contributed by atoms with Crippen molar-refractivity contribution in [2.75, 3.05) is 26.9 Å². The number of hydrogen-bond donors (Lipinski definition) is 2. The van der Waals surface area contributed by atoms with Gasteiger partial charge >= 0.3 is 0 Å². The smallest absolute Gasteiger partial charge is 0.251 e. The highest BCUT2D eigenvalue weighted by Gasteiger charge is 2.16. The number of aliphatic hydroxyl groups is 1. The number of benzene rings is 1. The molecule has 5 nitrogen and oxygen atoms in total. The number of ether oxygens (including phenoxy) is 2. The molecule has 1 heterocycles. The Hall–Kier alpha value is -1.96. The maximum absolute atomic E-state index is 13.6. The Morgan fingerprint density at radius 3 is 2.87 bits per heavy atom. The van der Waals surface area contributed by atoms with E-state index in [0.717, 1.165) is 10.9 Å². The number of amides is 1. The molecule has 7 heteroatoms. The number of nitrogens with one attached hydrogen (secondary N) is 1. The van der Waals surface area contributed by atoms with E-state index in [1.165, 1.54) is 30.6 Å². The maximum Gasteiger partial charge on any atom is 0.251 e. The van der Waals surface area contributed by atoms with Gasteiger partial charge in [0.2, 0.25) is 0 Å². The lowest BCUT2D eigenvalue weighted by molar-refractivity contribution is 0.0296. The summed E-state index contributed by atoms with van der Waals surface area (Å²) >= 11 is 1.50. The zero-order chi connectivity index (χ0) is 16.7. The third-order valence-corrected chi connectivity index (χ3v) is 4.10. The number of hydrogen-bond acceptors (Lipinski definition) is 5. The summed E-state index contributed by atoms with van der Waals surface area (Å²) in [6.07, 6.45) is -0.353. The molecule has 0 fully saturated rings. The predicted molar refractivity (Wildman–Crippen MR) is 85.4 cm³/mol. The van der Waals surface area contributed by atoms with E-state index in [2.05, 4.69) is 5.32 Å². The molecule has 2 N–H and O–H groups in total.